The van der Waals surface area contributed by atoms with E-state index < -0.39 is 10.0 Å². The summed E-state index contributed by atoms with van der Waals surface area (Å²) in [5, 5.41) is 9.06. The standard InChI is InChI=1S/C18H21N3O2S/c1-3-21(17-9-6-7-15(2)13-17)12-11-20-24(22,23)18-10-5-4-8-16(18)14-19/h4-10,13,20H,3,11-12H2,1-2H3. The highest BCUT2D eigenvalue weighted by Crippen LogP contribution is 2.16. The lowest BCUT2D eigenvalue weighted by atomic mass is 10.2. The maximum atomic E-state index is 12.4. The van der Waals surface area contributed by atoms with Gasteiger partial charge in [0.2, 0.25) is 10.0 Å². The monoisotopic (exact) mass is 343 g/mol. The average Bonchev–Trinajstić information content (AvgIpc) is 2.58. The zero-order valence-electron chi connectivity index (χ0n) is 13.9. The minimum atomic E-state index is -3.70. The van der Waals surface area contributed by atoms with Gasteiger partial charge in [-0.1, -0.05) is 24.3 Å². The van der Waals surface area contributed by atoms with Crippen molar-refractivity contribution in [2.75, 3.05) is 24.5 Å². The quantitative estimate of drug-likeness (QED) is 0.839. The summed E-state index contributed by atoms with van der Waals surface area (Å²) in [6.07, 6.45) is 0. The van der Waals surface area contributed by atoms with Crippen LogP contribution in [-0.2, 0) is 10.0 Å². The second-order valence-corrected chi connectivity index (χ2v) is 7.16. The van der Waals surface area contributed by atoms with E-state index in [1.807, 2.05) is 38.1 Å². The molecule has 0 radical (unpaired) electrons. The smallest absolute Gasteiger partial charge is 0.241 e. The Morgan fingerprint density at radius 2 is 1.92 bits per heavy atom. The van der Waals surface area contributed by atoms with Crippen molar-refractivity contribution < 1.29 is 8.42 Å². The first-order valence-electron chi connectivity index (χ1n) is 7.78. The van der Waals surface area contributed by atoms with E-state index in [9.17, 15) is 8.42 Å². The fourth-order valence-electron chi connectivity index (χ4n) is 2.48. The van der Waals surface area contributed by atoms with E-state index >= 15 is 0 Å². The molecule has 2 aromatic carbocycles. The van der Waals surface area contributed by atoms with Crippen molar-refractivity contribution >= 4 is 15.7 Å². The normalized spacial score (nSPS) is 11.0. The highest BCUT2D eigenvalue weighted by atomic mass is 32.2. The Labute approximate surface area is 143 Å². The number of nitrogens with one attached hydrogen (secondary N) is 1. The number of rotatable bonds is 7. The first-order valence-corrected chi connectivity index (χ1v) is 9.26. The largest absolute Gasteiger partial charge is 0.370 e. The lowest BCUT2D eigenvalue weighted by Gasteiger charge is -2.23. The number of aryl methyl sites for hydroxylation is 1. The summed E-state index contributed by atoms with van der Waals surface area (Å²) in [5.74, 6) is 0. The van der Waals surface area contributed by atoms with Gasteiger partial charge < -0.3 is 4.90 Å². The molecule has 0 saturated carbocycles. The van der Waals surface area contributed by atoms with Crippen LogP contribution in [0.5, 0.6) is 0 Å². The second kappa shape index (κ2) is 7.95. The maximum absolute atomic E-state index is 12.4. The summed E-state index contributed by atoms with van der Waals surface area (Å²) in [6.45, 7) is 5.65. The molecule has 2 rings (SSSR count). The molecule has 0 spiro atoms. The van der Waals surface area contributed by atoms with Gasteiger partial charge in [-0.2, -0.15) is 5.26 Å². The van der Waals surface area contributed by atoms with Gasteiger partial charge in [0.05, 0.1) is 10.5 Å². The molecule has 0 amide bonds. The summed E-state index contributed by atoms with van der Waals surface area (Å²) in [4.78, 5) is 2.12. The Hall–Kier alpha value is -2.36. The summed E-state index contributed by atoms with van der Waals surface area (Å²) >= 11 is 0. The van der Waals surface area contributed by atoms with Crippen LogP contribution in [0.4, 0.5) is 5.69 Å². The molecule has 1 N–H and O–H groups in total. The van der Waals surface area contributed by atoms with E-state index in [0.717, 1.165) is 17.8 Å². The maximum Gasteiger partial charge on any atom is 0.241 e. The van der Waals surface area contributed by atoms with E-state index in [1.165, 1.54) is 12.1 Å². The molecule has 0 bridgehead atoms. The molecule has 0 aliphatic heterocycles. The fourth-order valence-corrected chi connectivity index (χ4v) is 3.66. The molecule has 5 nitrogen and oxygen atoms in total. The van der Waals surface area contributed by atoms with Gasteiger partial charge in [0.1, 0.15) is 6.07 Å². The van der Waals surface area contributed by atoms with Crippen LogP contribution in [0.15, 0.2) is 53.4 Å². The van der Waals surface area contributed by atoms with Crippen LogP contribution in [0.2, 0.25) is 0 Å². The number of likely N-dealkylation sites (N-methyl/N-ethyl adjacent to an activating group) is 1. The van der Waals surface area contributed by atoms with Crippen LogP contribution >= 0.6 is 0 Å². The van der Waals surface area contributed by atoms with Crippen molar-refractivity contribution in [2.24, 2.45) is 0 Å². The van der Waals surface area contributed by atoms with E-state index in [1.54, 1.807) is 12.1 Å². The topological polar surface area (TPSA) is 73.2 Å². The number of nitriles is 1. The van der Waals surface area contributed by atoms with Gasteiger partial charge in [-0.25, -0.2) is 13.1 Å². The predicted octanol–water partition coefficient (Wildman–Crippen LogP) is 2.67. The third-order valence-corrected chi connectivity index (χ3v) is 5.24. The van der Waals surface area contributed by atoms with Crippen molar-refractivity contribution in [1.82, 2.24) is 4.72 Å². The van der Waals surface area contributed by atoms with Crippen LogP contribution < -0.4 is 9.62 Å². The minimum absolute atomic E-state index is 0.0195. The number of benzene rings is 2. The lowest BCUT2D eigenvalue weighted by molar-refractivity contribution is 0.580. The predicted molar refractivity (Wildman–Crippen MR) is 95.4 cm³/mol. The zero-order valence-corrected chi connectivity index (χ0v) is 14.7. The van der Waals surface area contributed by atoms with E-state index in [-0.39, 0.29) is 17.0 Å². The number of anilines is 1. The molecular weight excluding hydrogens is 322 g/mol. The summed E-state index contributed by atoms with van der Waals surface area (Å²) in [5.41, 5.74) is 2.37. The molecule has 0 saturated heterocycles. The second-order valence-electron chi connectivity index (χ2n) is 5.42. The van der Waals surface area contributed by atoms with Gasteiger partial charge in [0, 0.05) is 25.3 Å². The van der Waals surface area contributed by atoms with E-state index in [0.29, 0.717) is 6.54 Å². The van der Waals surface area contributed by atoms with Crippen LogP contribution in [0.25, 0.3) is 0 Å². The molecule has 0 atom stereocenters. The molecule has 0 aliphatic carbocycles. The first-order chi connectivity index (χ1) is 11.5. The van der Waals surface area contributed by atoms with Crippen molar-refractivity contribution in [2.45, 2.75) is 18.7 Å². The highest BCUT2D eigenvalue weighted by molar-refractivity contribution is 7.89. The van der Waals surface area contributed by atoms with Gasteiger partial charge in [-0.3, -0.25) is 0 Å². The average molecular weight is 343 g/mol. The minimum Gasteiger partial charge on any atom is -0.370 e. The van der Waals surface area contributed by atoms with E-state index in [2.05, 4.69) is 15.7 Å². The Balaban J connectivity index is 2.06. The summed E-state index contributed by atoms with van der Waals surface area (Å²) in [7, 11) is -3.70. The molecule has 126 valence electrons. The molecule has 0 aromatic heterocycles. The van der Waals surface area contributed by atoms with Crippen LogP contribution in [0, 0.1) is 18.3 Å². The molecule has 2 aromatic rings. The van der Waals surface area contributed by atoms with E-state index in [4.69, 9.17) is 5.26 Å². The van der Waals surface area contributed by atoms with Crippen molar-refractivity contribution in [1.29, 1.82) is 5.26 Å². The fraction of sp³-hybridized carbons (Fsp3) is 0.278. The SMILES string of the molecule is CCN(CCNS(=O)(=O)c1ccccc1C#N)c1cccc(C)c1. The van der Waals surface area contributed by atoms with Crippen LogP contribution in [0.1, 0.15) is 18.1 Å². The molecule has 0 fully saturated rings. The zero-order chi connectivity index (χ0) is 17.6. The lowest BCUT2D eigenvalue weighted by Crippen LogP contribution is -2.35. The molecule has 0 aliphatic rings. The Morgan fingerprint density at radius 3 is 2.58 bits per heavy atom. The number of nitrogens with zero attached hydrogens (tertiary/aromatic N) is 2. The first kappa shape index (κ1) is 18.0. The highest BCUT2D eigenvalue weighted by Gasteiger charge is 2.18. The van der Waals surface area contributed by atoms with Gasteiger partial charge in [0.25, 0.3) is 0 Å². The van der Waals surface area contributed by atoms with Crippen molar-refractivity contribution in [3.05, 3.63) is 59.7 Å². The number of sulfonamides is 1. The molecule has 0 heterocycles. The number of hydrogen-bond acceptors (Lipinski definition) is 4. The third-order valence-electron chi connectivity index (χ3n) is 3.72. The Kier molecular flexibility index (Phi) is 5.96. The molecule has 0 unspecified atom stereocenters. The number of hydrogen-bond donors (Lipinski definition) is 1. The van der Waals surface area contributed by atoms with Gasteiger partial charge in [0.15, 0.2) is 0 Å². The van der Waals surface area contributed by atoms with Gasteiger partial charge in [-0.05, 0) is 43.7 Å². The van der Waals surface area contributed by atoms with Gasteiger partial charge in [-0.15, -0.1) is 0 Å². The Morgan fingerprint density at radius 1 is 1.17 bits per heavy atom. The molecule has 24 heavy (non-hydrogen) atoms. The van der Waals surface area contributed by atoms with Gasteiger partial charge >= 0.3 is 0 Å². The molecular formula is C18H21N3O2S. The summed E-state index contributed by atoms with van der Waals surface area (Å²) in [6, 6.07) is 16.2. The Bertz CT molecular complexity index is 841. The van der Waals surface area contributed by atoms with Crippen molar-refractivity contribution in [3.63, 3.8) is 0 Å². The van der Waals surface area contributed by atoms with Crippen LogP contribution in [-0.4, -0.2) is 28.1 Å². The van der Waals surface area contributed by atoms with Crippen molar-refractivity contribution in [3.8, 4) is 6.07 Å². The third kappa shape index (κ3) is 4.34. The van der Waals surface area contributed by atoms with Crippen LogP contribution in [0.3, 0.4) is 0 Å². The molecule has 6 heteroatoms. The summed E-state index contributed by atoms with van der Waals surface area (Å²) < 4.78 is 27.4.